The van der Waals surface area contributed by atoms with Gasteiger partial charge in [0.2, 0.25) is 6.54 Å². The van der Waals surface area contributed by atoms with Crippen molar-refractivity contribution in [1.82, 2.24) is 14.8 Å². The molecule has 4 nitrogen and oxygen atoms in total. The minimum absolute atomic E-state index is 0.499. The first-order chi connectivity index (χ1) is 5.38. The first-order valence-corrected chi connectivity index (χ1v) is 3.58. The van der Waals surface area contributed by atoms with Crippen molar-refractivity contribution in [1.29, 1.82) is 0 Å². The first-order valence-electron chi connectivity index (χ1n) is 3.58. The lowest BCUT2D eigenvalue weighted by Crippen LogP contribution is -2.04. The Bertz CT molecular complexity index is 258. The van der Waals surface area contributed by atoms with Crippen LogP contribution in [0.5, 0.6) is 0 Å². The third kappa shape index (κ3) is 1.77. The fourth-order valence-corrected chi connectivity index (χ4v) is 0.902. The largest absolute Gasteiger partial charge is 0.316 e. The minimum Gasteiger partial charge on any atom is -0.316 e. The second-order valence-electron chi connectivity index (χ2n) is 2.12. The van der Waals surface area contributed by atoms with Crippen molar-refractivity contribution >= 4 is 0 Å². The number of hydrogen-bond acceptors (Lipinski definition) is 2. The number of aryl methyl sites for hydroxylation is 1. The van der Waals surface area contributed by atoms with Gasteiger partial charge < -0.3 is 4.85 Å². The summed E-state index contributed by atoms with van der Waals surface area (Å²) in [4.78, 5) is 7.29. The lowest BCUT2D eigenvalue weighted by atomic mass is 10.4. The highest BCUT2D eigenvalue weighted by molar-refractivity contribution is 4.87. The smallest absolute Gasteiger partial charge is 0.221 e. The van der Waals surface area contributed by atoms with Crippen LogP contribution in [0.4, 0.5) is 0 Å². The summed E-state index contributed by atoms with van der Waals surface area (Å²) in [6.45, 7) is 9.94. The summed E-state index contributed by atoms with van der Waals surface area (Å²) >= 11 is 0. The molecule has 0 saturated carbocycles. The number of hydrogen-bond donors (Lipinski definition) is 0. The average Bonchev–Trinajstić information content (AvgIpc) is 2.47. The van der Waals surface area contributed by atoms with Crippen molar-refractivity contribution in [2.24, 2.45) is 0 Å². The van der Waals surface area contributed by atoms with Gasteiger partial charge in [0.15, 0.2) is 0 Å². The van der Waals surface area contributed by atoms with E-state index in [1.165, 1.54) is 6.33 Å². The highest BCUT2D eigenvalue weighted by atomic mass is 15.3. The molecule has 0 aromatic carbocycles. The van der Waals surface area contributed by atoms with Gasteiger partial charge in [-0.2, -0.15) is 5.10 Å². The Morgan fingerprint density at radius 1 is 1.73 bits per heavy atom. The Hall–Kier alpha value is -1.37. The van der Waals surface area contributed by atoms with Crippen molar-refractivity contribution in [3.63, 3.8) is 0 Å². The fourth-order valence-electron chi connectivity index (χ4n) is 0.902. The summed E-state index contributed by atoms with van der Waals surface area (Å²) < 4.78 is 1.81. The van der Waals surface area contributed by atoms with Gasteiger partial charge in [0.05, 0.1) is 6.42 Å². The summed E-state index contributed by atoms with van der Waals surface area (Å²) in [5.74, 6) is 0.906. The molecule has 11 heavy (non-hydrogen) atoms. The van der Waals surface area contributed by atoms with Gasteiger partial charge in [0.1, 0.15) is 12.2 Å². The molecule has 0 radical (unpaired) electrons. The summed E-state index contributed by atoms with van der Waals surface area (Å²) in [7, 11) is 0. The third-order valence-corrected chi connectivity index (χ3v) is 1.44. The number of aromatic nitrogens is 3. The van der Waals surface area contributed by atoms with Crippen LogP contribution in [0.15, 0.2) is 6.33 Å². The molecule has 0 saturated heterocycles. The monoisotopic (exact) mass is 150 g/mol. The topological polar surface area (TPSA) is 35.1 Å². The second-order valence-corrected chi connectivity index (χ2v) is 2.12. The van der Waals surface area contributed by atoms with Gasteiger partial charge in [-0.05, 0) is 6.92 Å². The minimum atomic E-state index is 0.499. The van der Waals surface area contributed by atoms with Crippen LogP contribution in [0.2, 0.25) is 0 Å². The molecule has 0 unspecified atom stereocenters. The lowest BCUT2D eigenvalue weighted by molar-refractivity contribution is 0.618. The van der Waals surface area contributed by atoms with Gasteiger partial charge in [0.25, 0.3) is 0 Å². The molecular weight excluding hydrogens is 140 g/mol. The van der Waals surface area contributed by atoms with Crippen molar-refractivity contribution in [3.8, 4) is 0 Å². The Morgan fingerprint density at radius 2 is 2.55 bits per heavy atom. The van der Waals surface area contributed by atoms with E-state index in [2.05, 4.69) is 14.9 Å². The van der Waals surface area contributed by atoms with Crippen LogP contribution in [0.1, 0.15) is 12.7 Å². The molecule has 1 aromatic heterocycles. The molecule has 1 aromatic rings. The molecule has 4 heteroatoms. The second kappa shape index (κ2) is 3.71. The van der Waals surface area contributed by atoms with Crippen molar-refractivity contribution in [3.05, 3.63) is 23.6 Å². The van der Waals surface area contributed by atoms with Crippen molar-refractivity contribution in [2.75, 3.05) is 6.54 Å². The molecule has 0 spiro atoms. The zero-order chi connectivity index (χ0) is 8.10. The Morgan fingerprint density at radius 3 is 3.18 bits per heavy atom. The Balaban J connectivity index is 2.62. The zero-order valence-electron chi connectivity index (χ0n) is 6.49. The van der Waals surface area contributed by atoms with E-state index in [0.29, 0.717) is 13.0 Å². The molecule has 0 aliphatic rings. The van der Waals surface area contributed by atoms with E-state index in [9.17, 15) is 0 Å². The van der Waals surface area contributed by atoms with Gasteiger partial charge in [-0.3, -0.25) is 4.68 Å². The van der Waals surface area contributed by atoms with E-state index < -0.39 is 0 Å². The van der Waals surface area contributed by atoms with E-state index in [0.717, 1.165) is 12.4 Å². The first kappa shape index (κ1) is 7.73. The average molecular weight is 150 g/mol. The lowest BCUT2D eigenvalue weighted by Gasteiger charge is -1.96. The molecule has 1 heterocycles. The maximum Gasteiger partial charge on any atom is 0.221 e. The van der Waals surface area contributed by atoms with Crippen LogP contribution >= 0.6 is 0 Å². The summed E-state index contributed by atoms with van der Waals surface area (Å²) in [6, 6.07) is 0. The van der Waals surface area contributed by atoms with Gasteiger partial charge in [0, 0.05) is 6.54 Å². The van der Waals surface area contributed by atoms with Crippen LogP contribution in [-0.2, 0) is 13.0 Å². The third-order valence-electron chi connectivity index (χ3n) is 1.44. The van der Waals surface area contributed by atoms with Crippen LogP contribution in [0, 0.1) is 6.57 Å². The van der Waals surface area contributed by atoms with E-state index in [1.54, 1.807) is 0 Å². The molecule has 0 aliphatic heterocycles. The van der Waals surface area contributed by atoms with Crippen LogP contribution < -0.4 is 0 Å². The van der Waals surface area contributed by atoms with E-state index in [1.807, 2.05) is 11.6 Å². The van der Waals surface area contributed by atoms with Gasteiger partial charge in [-0.1, -0.05) is 0 Å². The standard InChI is InChI=1S/C7H10N4/c1-3-11-7(4-5-8-2)9-6-10-11/h6H,3-5H2,1H3. The molecule has 0 fully saturated rings. The Kier molecular flexibility index (Phi) is 2.61. The molecular formula is C7H10N4. The highest BCUT2D eigenvalue weighted by Gasteiger charge is 2.02. The molecule has 0 amide bonds. The molecule has 58 valence electrons. The highest BCUT2D eigenvalue weighted by Crippen LogP contribution is 1.94. The summed E-state index contributed by atoms with van der Waals surface area (Å²) in [5.41, 5.74) is 0. The van der Waals surface area contributed by atoms with Gasteiger partial charge >= 0.3 is 0 Å². The van der Waals surface area contributed by atoms with E-state index in [4.69, 9.17) is 6.57 Å². The summed E-state index contributed by atoms with van der Waals surface area (Å²) in [5, 5.41) is 3.99. The predicted octanol–water partition coefficient (Wildman–Crippen LogP) is 0.760. The molecule has 0 aliphatic carbocycles. The quantitative estimate of drug-likeness (QED) is 0.596. The maximum atomic E-state index is 6.60. The fraction of sp³-hybridized carbons (Fsp3) is 0.571. The Labute approximate surface area is 65.7 Å². The molecule has 0 bridgehead atoms. The zero-order valence-corrected chi connectivity index (χ0v) is 6.49. The predicted molar refractivity (Wildman–Crippen MR) is 40.9 cm³/mol. The van der Waals surface area contributed by atoms with Crippen molar-refractivity contribution in [2.45, 2.75) is 19.9 Å². The maximum absolute atomic E-state index is 6.60. The van der Waals surface area contributed by atoms with Crippen molar-refractivity contribution < 1.29 is 0 Å². The normalized spacial score (nSPS) is 9.45. The summed E-state index contributed by atoms with van der Waals surface area (Å²) in [6.07, 6.45) is 2.24. The van der Waals surface area contributed by atoms with Crippen LogP contribution in [-0.4, -0.2) is 21.3 Å². The molecule has 0 atom stereocenters. The molecule has 0 N–H and O–H groups in total. The van der Waals surface area contributed by atoms with Gasteiger partial charge in [-0.15, -0.1) is 0 Å². The van der Waals surface area contributed by atoms with E-state index in [-0.39, 0.29) is 0 Å². The molecule has 1 rings (SSSR count). The SMILES string of the molecule is [C-]#[N+]CCc1ncnn1CC. The number of nitrogens with zero attached hydrogens (tertiary/aromatic N) is 4. The van der Waals surface area contributed by atoms with Gasteiger partial charge in [-0.25, -0.2) is 11.6 Å². The van der Waals surface area contributed by atoms with Crippen LogP contribution in [0.3, 0.4) is 0 Å². The number of rotatable bonds is 3. The van der Waals surface area contributed by atoms with E-state index >= 15 is 0 Å². The van der Waals surface area contributed by atoms with Crippen LogP contribution in [0.25, 0.3) is 4.85 Å².